The number of aromatic nitrogens is 2. The molecular weight excluding hydrogens is 805 g/mol. The summed E-state index contributed by atoms with van der Waals surface area (Å²) in [5.41, 5.74) is 7.50. The summed E-state index contributed by atoms with van der Waals surface area (Å²) in [6, 6.07) is 10.3. The second-order valence-electron chi connectivity index (χ2n) is 17.2. The van der Waals surface area contributed by atoms with E-state index in [1.54, 1.807) is 24.3 Å². The number of carbonyl (C=O) groups is 6. The summed E-state index contributed by atoms with van der Waals surface area (Å²) in [7, 11) is -3.38. The number of anilines is 4. The van der Waals surface area contributed by atoms with Crippen LogP contribution in [0.25, 0.3) is 0 Å². The number of fused-ring (bicyclic) bond motifs is 2. The van der Waals surface area contributed by atoms with Gasteiger partial charge in [0.05, 0.1) is 22.2 Å². The standard InChI is InChI=1S/C42H48N10O8S/c1-61(59,60)27-7-4-24(5-8-27)45-38-36(37(43)54)44-18-33(47-38)51-14-2-3-25(20-51)46-40(56)35-30-21-49(22-31(30)35)19-23-12-15-50(16-13-23)26-6-9-28-29(17-26)42(58)52(41(28)57)32-10-11-34(53)48-39(32)55/h4-9,17-18,23,25,30-32,35H,2-3,10-16,19-22H2,1H3,(H2,43,54)(H,45,47)(H,46,56)(H,48,53,55)/t25-,30-,31+,32?,35+/m1/s1. The normalized spacial score (nSPS) is 25.6. The number of nitrogens with two attached hydrogens (primary N) is 1. The predicted octanol–water partition coefficient (Wildman–Crippen LogP) is 1.30. The molecule has 1 aromatic heterocycles. The molecule has 6 heterocycles. The number of hydrogen-bond donors (Lipinski definition) is 4. The maximum Gasteiger partial charge on any atom is 0.271 e. The van der Waals surface area contributed by atoms with Crippen molar-refractivity contribution in [2.45, 2.75) is 55.5 Å². The zero-order chi connectivity index (χ0) is 42.7. The summed E-state index contributed by atoms with van der Waals surface area (Å²) in [5.74, 6) is -0.808. The lowest BCUT2D eigenvalue weighted by Gasteiger charge is -2.36. The molecule has 3 aromatic rings. The molecule has 320 valence electrons. The Morgan fingerprint density at radius 3 is 2.30 bits per heavy atom. The maximum atomic E-state index is 13.5. The number of benzene rings is 2. The zero-order valence-electron chi connectivity index (χ0n) is 33.7. The highest BCUT2D eigenvalue weighted by Gasteiger charge is 2.59. The minimum absolute atomic E-state index is 0.00770. The van der Waals surface area contributed by atoms with Crippen molar-refractivity contribution < 1.29 is 37.2 Å². The second kappa shape index (κ2) is 15.8. The summed E-state index contributed by atoms with van der Waals surface area (Å²) < 4.78 is 23.8. The molecule has 5 fully saturated rings. The highest BCUT2D eigenvalue weighted by molar-refractivity contribution is 7.90. The average molecular weight is 853 g/mol. The van der Waals surface area contributed by atoms with Crippen molar-refractivity contribution in [2.24, 2.45) is 29.4 Å². The first-order valence-corrected chi connectivity index (χ1v) is 22.7. The number of amides is 6. The van der Waals surface area contributed by atoms with E-state index in [2.05, 4.69) is 35.7 Å². The van der Waals surface area contributed by atoms with Crippen LogP contribution in [0.3, 0.4) is 0 Å². The van der Waals surface area contributed by atoms with Gasteiger partial charge in [-0.25, -0.2) is 18.4 Å². The fourth-order valence-electron chi connectivity index (χ4n) is 9.87. The van der Waals surface area contributed by atoms with Crippen molar-refractivity contribution in [3.05, 3.63) is 65.5 Å². The molecule has 6 amide bonds. The third-order valence-corrected chi connectivity index (χ3v) is 14.3. The van der Waals surface area contributed by atoms with Crippen LogP contribution in [0.4, 0.5) is 23.0 Å². The molecule has 1 unspecified atom stereocenters. The molecule has 5 aliphatic heterocycles. The van der Waals surface area contributed by atoms with Gasteiger partial charge in [0.15, 0.2) is 21.3 Å². The van der Waals surface area contributed by atoms with Crippen LogP contribution < -0.4 is 31.5 Å². The quantitative estimate of drug-likeness (QED) is 0.199. The molecule has 1 saturated carbocycles. The summed E-state index contributed by atoms with van der Waals surface area (Å²) in [6.07, 6.45) is 6.45. The highest BCUT2D eigenvalue weighted by atomic mass is 32.2. The Balaban J connectivity index is 0.738. The van der Waals surface area contributed by atoms with E-state index in [1.807, 2.05) is 11.0 Å². The highest BCUT2D eigenvalue weighted by Crippen LogP contribution is 2.52. The van der Waals surface area contributed by atoms with Gasteiger partial charge in [0.25, 0.3) is 17.7 Å². The van der Waals surface area contributed by atoms with Crippen molar-refractivity contribution in [1.29, 1.82) is 0 Å². The number of carbonyl (C=O) groups excluding carboxylic acids is 6. The molecule has 0 spiro atoms. The van der Waals surface area contributed by atoms with Crippen LogP contribution in [0.2, 0.25) is 0 Å². The number of likely N-dealkylation sites (tertiary alicyclic amines) is 1. The van der Waals surface area contributed by atoms with E-state index in [-0.39, 0.29) is 58.2 Å². The first-order chi connectivity index (χ1) is 29.2. The summed E-state index contributed by atoms with van der Waals surface area (Å²) in [5, 5.41) is 8.59. The second-order valence-corrected chi connectivity index (χ2v) is 19.2. The molecule has 5 atom stereocenters. The summed E-state index contributed by atoms with van der Waals surface area (Å²) in [6.45, 7) is 5.63. The van der Waals surface area contributed by atoms with Crippen molar-refractivity contribution in [1.82, 2.24) is 30.4 Å². The van der Waals surface area contributed by atoms with Crippen LogP contribution in [0.5, 0.6) is 0 Å². The molecule has 61 heavy (non-hydrogen) atoms. The van der Waals surface area contributed by atoms with Crippen molar-refractivity contribution >= 4 is 68.3 Å². The minimum atomic E-state index is -3.38. The number of hydrogen-bond acceptors (Lipinski definition) is 14. The van der Waals surface area contributed by atoms with Crippen LogP contribution in [-0.2, 0) is 24.2 Å². The number of nitrogens with one attached hydrogen (secondary N) is 3. The van der Waals surface area contributed by atoms with Gasteiger partial charge >= 0.3 is 0 Å². The van der Waals surface area contributed by atoms with Crippen molar-refractivity contribution in [3.63, 3.8) is 0 Å². The molecule has 5 N–H and O–H groups in total. The fourth-order valence-corrected chi connectivity index (χ4v) is 10.5. The van der Waals surface area contributed by atoms with Gasteiger partial charge < -0.3 is 31.1 Å². The monoisotopic (exact) mass is 852 g/mol. The number of rotatable bonds is 11. The molecule has 19 heteroatoms. The van der Waals surface area contributed by atoms with Gasteiger partial charge in [-0.15, -0.1) is 0 Å². The molecule has 0 radical (unpaired) electrons. The Hall–Kier alpha value is -5.95. The number of imide groups is 2. The van der Waals surface area contributed by atoms with E-state index in [1.165, 1.54) is 18.3 Å². The third-order valence-electron chi connectivity index (χ3n) is 13.1. The first-order valence-electron chi connectivity index (χ1n) is 20.8. The third kappa shape index (κ3) is 8.03. The average Bonchev–Trinajstić information content (AvgIpc) is 3.64. The van der Waals surface area contributed by atoms with Gasteiger partial charge in [-0.2, -0.15) is 0 Å². The van der Waals surface area contributed by atoms with Crippen LogP contribution >= 0.6 is 0 Å². The van der Waals surface area contributed by atoms with Gasteiger partial charge in [-0.3, -0.25) is 39.0 Å². The lowest BCUT2D eigenvalue weighted by molar-refractivity contribution is -0.136. The number of piperidine rings is 4. The molecular formula is C42H48N10O8S. The smallest absolute Gasteiger partial charge is 0.271 e. The topological polar surface area (TPSA) is 237 Å². The maximum absolute atomic E-state index is 13.5. The lowest BCUT2D eigenvalue weighted by Crippen LogP contribution is -2.54. The van der Waals surface area contributed by atoms with Gasteiger partial charge in [0.1, 0.15) is 11.9 Å². The van der Waals surface area contributed by atoms with E-state index in [0.29, 0.717) is 42.3 Å². The van der Waals surface area contributed by atoms with E-state index < -0.39 is 45.4 Å². The first kappa shape index (κ1) is 40.5. The zero-order valence-corrected chi connectivity index (χ0v) is 34.5. The Labute approximate surface area is 352 Å². The molecule has 4 saturated heterocycles. The largest absolute Gasteiger partial charge is 0.371 e. The Bertz CT molecular complexity index is 2430. The summed E-state index contributed by atoms with van der Waals surface area (Å²) in [4.78, 5) is 93.2. The Morgan fingerprint density at radius 2 is 1.61 bits per heavy atom. The van der Waals surface area contributed by atoms with E-state index in [0.717, 1.165) is 75.3 Å². The van der Waals surface area contributed by atoms with Crippen LogP contribution in [0.1, 0.15) is 69.7 Å². The molecule has 0 bridgehead atoms. The van der Waals surface area contributed by atoms with E-state index in [4.69, 9.17) is 5.73 Å². The van der Waals surface area contributed by atoms with E-state index in [9.17, 15) is 37.2 Å². The van der Waals surface area contributed by atoms with Crippen LogP contribution in [0, 0.1) is 23.7 Å². The molecule has 18 nitrogen and oxygen atoms in total. The fraction of sp³-hybridized carbons (Fsp3) is 0.476. The molecule has 9 rings (SSSR count). The Kier molecular flexibility index (Phi) is 10.5. The number of sulfone groups is 1. The van der Waals surface area contributed by atoms with Crippen molar-refractivity contribution in [2.75, 3.05) is 67.2 Å². The van der Waals surface area contributed by atoms with Crippen LogP contribution in [0.15, 0.2) is 53.6 Å². The van der Waals surface area contributed by atoms with Gasteiger partial charge in [0, 0.05) is 81.8 Å². The minimum Gasteiger partial charge on any atom is -0.371 e. The summed E-state index contributed by atoms with van der Waals surface area (Å²) >= 11 is 0. The number of nitrogens with zero attached hydrogens (tertiary/aromatic N) is 6. The molecule has 2 aromatic carbocycles. The van der Waals surface area contributed by atoms with E-state index >= 15 is 0 Å². The molecule has 6 aliphatic rings. The SMILES string of the molecule is CS(=O)(=O)c1ccc(Nc2nc(N3CCC[C@@H](NC(=O)[C@H]4[C@@H]5CN(CC6CCN(c7ccc8c(c7)C(=O)N(C7CCC(=O)NC7=O)C8=O)CC6)C[C@@H]54)C3)cnc2C(N)=O)cc1. The Morgan fingerprint density at radius 1 is 0.885 bits per heavy atom. The number of primary amides is 1. The van der Waals surface area contributed by atoms with Crippen LogP contribution in [-0.4, -0.2) is 128 Å². The predicted molar refractivity (Wildman–Crippen MR) is 222 cm³/mol. The lowest BCUT2D eigenvalue weighted by atomic mass is 9.95. The molecule has 1 aliphatic carbocycles. The van der Waals surface area contributed by atoms with Gasteiger partial charge in [-0.05, 0) is 92.3 Å². The van der Waals surface area contributed by atoms with Crippen molar-refractivity contribution in [3.8, 4) is 0 Å². The van der Waals surface area contributed by atoms with Gasteiger partial charge in [0.2, 0.25) is 17.7 Å². The van der Waals surface area contributed by atoms with Gasteiger partial charge in [-0.1, -0.05) is 0 Å².